The molecule has 5 nitrogen and oxygen atoms in total. The number of phenolic OH excluding ortho intramolecular Hbond substituents is 1. The number of aromatic hydroxyl groups is 1. The molecule has 1 heterocycles. The first-order chi connectivity index (χ1) is 10.3. The third-order valence-electron chi connectivity index (χ3n) is 4.16. The lowest BCUT2D eigenvalue weighted by Gasteiger charge is -2.32. The number of rotatable bonds is 2. The van der Waals surface area contributed by atoms with Crippen LogP contribution in [0.25, 0.3) is 0 Å². The first kappa shape index (κ1) is 17.8. The van der Waals surface area contributed by atoms with Gasteiger partial charge in [-0.1, -0.05) is 6.07 Å². The summed E-state index contributed by atoms with van der Waals surface area (Å²) in [6.07, 6.45) is 0. The molecular weight excluding hydrogens is 295 g/mol. The summed E-state index contributed by atoms with van der Waals surface area (Å²) in [5, 5.41) is 9.97. The molecule has 1 aromatic rings. The molecule has 0 unspecified atom stereocenters. The Kier molecular flexibility index (Phi) is 4.28. The maximum atomic E-state index is 12.2. The molecule has 0 aliphatic carbocycles. The van der Waals surface area contributed by atoms with Crippen molar-refractivity contribution in [3.8, 4) is 5.75 Å². The molecule has 2 rings (SSSR count). The van der Waals surface area contributed by atoms with Crippen molar-refractivity contribution in [3.63, 3.8) is 0 Å². The summed E-state index contributed by atoms with van der Waals surface area (Å²) >= 11 is 0. The number of ether oxygens (including phenoxy) is 1. The molecule has 0 atom stereocenters. The highest BCUT2D eigenvalue weighted by molar-refractivity contribution is 6.62. The summed E-state index contributed by atoms with van der Waals surface area (Å²) in [5.41, 5.74) is -0.804. The summed E-state index contributed by atoms with van der Waals surface area (Å²) in [6, 6.07) is 4.70. The lowest BCUT2D eigenvalue weighted by Crippen LogP contribution is -2.41. The Balaban J connectivity index is 2.30. The molecule has 1 N–H and O–H groups in total. The van der Waals surface area contributed by atoms with Gasteiger partial charge < -0.3 is 19.2 Å². The predicted octanol–water partition coefficient (Wildman–Crippen LogP) is 2.65. The Hall–Kier alpha value is -1.53. The number of carbonyl (C=O) groups excluding carboxylic acids is 1. The zero-order chi connectivity index (χ0) is 17.6. The van der Waals surface area contributed by atoms with Gasteiger partial charge in [0.2, 0.25) is 0 Å². The van der Waals surface area contributed by atoms with Crippen molar-refractivity contribution < 1.29 is 23.9 Å². The van der Waals surface area contributed by atoms with Crippen molar-refractivity contribution in [3.05, 3.63) is 23.8 Å². The highest BCUT2D eigenvalue weighted by atomic mass is 16.7. The second-order valence-electron chi connectivity index (χ2n) is 7.87. The minimum Gasteiger partial charge on any atom is -0.507 e. The van der Waals surface area contributed by atoms with E-state index in [0.717, 1.165) is 0 Å². The van der Waals surface area contributed by atoms with Crippen LogP contribution >= 0.6 is 0 Å². The van der Waals surface area contributed by atoms with Crippen molar-refractivity contribution in [1.29, 1.82) is 0 Å². The fourth-order valence-corrected chi connectivity index (χ4v) is 2.18. The van der Waals surface area contributed by atoms with Crippen molar-refractivity contribution in [2.45, 2.75) is 65.3 Å². The fraction of sp³-hybridized carbons (Fsp3) is 0.588. The van der Waals surface area contributed by atoms with Gasteiger partial charge in [-0.25, -0.2) is 4.79 Å². The van der Waals surface area contributed by atoms with Crippen LogP contribution in [0.1, 0.15) is 58.8 Å². The van der Waals surface area contributed by atoms with Gasteiger partial charge in [0.25, 0.3) is 0 Å². The van der Waals surface area contributed by atoms with Gasteiger partial charge in [-0.05, 0) is 66.1 Å². The van der Waals surface area contributed by atoms with Crippen LogP contribution in [-0.2, 0) is 14.0 Å². The summed E-state index contributed by atoms with van der Waals surface area (Å²) in [4.78, 5) is 12.2. The van der Waals surface area contributed by atoms with Crippen LogP contribution < -0.4 is 5.46 Å². The third-order valence-corrected chi connectivity index (χ3v) is 4.16. The molecule has 1 aliphatic rings. The van der Waals surface area contributed by atoms with E-state index in [9.17, 15) is 9.90 Å². The monoisotopic (exact) mass is 320 g/mol. The van der Waals surface area contributed by atoms with Crippen molar-refractivity contribution in [2.24, 2.45) is 0 Å². The predicted molar refractivity (Wildman–Crippen MR) is 89.0 cm³/mol. The molecule has 0 saturated carbocycles. The molecule has 1 saturated heterocycles. The second kappa shape index (κ2) is 5.53. The van der Waals surface area contributed by atoms with Crippen LogP contribution in [0.5, 0.6) is 5.75 Å². The zero-order valence-electron chi connectivity index (χ0n) is 14.9. The Morgan fingerprint density at radius 2 is 1.65 bits per heavy atom. The van der Waals surface area contributed by atoms with Crippen LogP contribution in [0, 0.1) is 0 Å². The lowest BCUT2D eigenvalue weighted by atomic mass is 9.78. The average Bonchev–Trinajstić information content (AvgIpc) is 2.56. The van der Waals surface area contributed by atoms with Gasteiger partial charge in [0, 0.05) is 0 Å². The summed E-state index contributed by atoms with van der Waals surface area (Å²) in [5.74, 6) is -0.701. The number of hydrogen-bond donors (Lipinski definition) is 1. The Morgan fingerprint density at radius 3 is 2.13 bits per heavy atom. The first-order valence-corrected chi connectivity index (χ1v) is 7.74. The molecule has 1 fully saturated rings. The molecule has 126 valence electrons. The molecule has 1 aromatic carbocycles. The van der Waals surface area contributed by atoms with Gasteiger partial charge in [-0.2, -0.15) is 0 Å². The highest BCUT2D eigenvalue weighted by Crippen LogP contribution is 2.36. The quantitative estimate of drug-likeness (QED) is 0.670. The zero-order valence-corrected chi connectivity index (χ0v) is 14.9. The van der Waals surface area contributed by atoms with E-state index < -0.39 is 29.9 Å². The molecule has 23 heavy (non-hydrogen) atoms. The lowest BCUT2D eigenvalue weighted by molar-refractivity contribution is 0.00578. The minimum atomic E-state index is -0.635. The minimum absolute atomic E-state index is 0.104. The molecule has 0 bridgehead atoms. The van der Waals surface area contributed by atoms with E-state index in [2.05, 4.69) is 0 Å². The van der Waals surface area contributed by atoms with Gasteiger partial charge >= 0.3 is 13.1 Å². The van der Waals surface area contributed by atoms with E-state index in [0.29, 0.717) is 5.46 Å². The molecule has 6 heteroatoms. The third kappa shape index (κ3) is 3.70. The fourth-order valence-electron chi connectivity index (χ4n) is 2.18. The number of benzene rings is 1. The van der Waals surface area contributed by atoms with Gasteiger partial charge in [0.1, 0.15) is 16.9 Å². The molecule has 1 aliphatic heterocycles. The van der Waals surface area contributed by atoms with E-state index in [1.54, 1.807) is 32.9 Å². The van der Waals surface area contributed by atoms with E-state index >= 15 is 0 Å². The summed E-state index contributed by atoms with van der Waals surface area (Å²) in [6.45, 7) is 13.2. The molecule has 0 spiro atoms. The number of esters is 1. The van der Waals surface area contributed by atoms with E-state index in [4.69, 9.17) is 14.0 Å². The summed E-state index contributed by atoms with van der Waals surface area (Å²) in [7, 11) is -0.596. The Labute approximate surface area is 138 Å². The number of carbonyl (C=O) groups is 1. The Morgan fingerprint density at radius 1 is 1.13 bits per heavy atom. The highest BCUT2D eigenvalue weighted by Gasteiger charge is 2.51. The smallest absolute Gasteiger partial charge is 0.494 e. The molecule has 0 amide bonds. The van der Waals surface area contributed by atoms with Crippen LogP contribution in [0.2, 0.25) is 0 Å². The van der Waals surface area contributed by atoms with Crippen LogP contribution in [0.4, 0.5) is 0 Å². The topological polar surface area (TPSA) is 65.0 Å². The number of hydrogen-bond acceptors (Lipinski definition) is 5. The van der Waals surface area contributed by atoms with Gasteiger partial charge in [0.05, 0.1) is 11.2 Å². The van der Waals surface area contributed by atoms with Gasteiger partial charge in [0.15, 0.2) is 0 Å². The van der Waals surface area contributed by atoms with E-state index in [1.165, 1.54) is 6.07 Å². The van der Waals surface area contributed by atoms with Crippen molar-refractivity contribution in [2.75, 3.05) is 0 Å². The summed E-state index contributed by atoms with van der Waals surface area (Å²) < 4.78 is 17.3. The standard InChI is InChI=1S/C17H25BO5/c1-15(2,3)21-14(20)12-10-11(8-9-13(12)19)18-22-16(4,5)17(6,7)23-18/h8-10,19H,1-7H3. The van der Waals surface area contributed by atoms with Crippen molar-refractivity contribution in [1.82, 2.24) is 0 Å². The van der Waals surface area contributed by atoms with Crippen LogP contribution in [0.3, 0.4) is 0 Å². The maximum Gasteiger partial charge on any atom is 0.494 e. The van der Waals surface area contributed by atoms with Gasteiger partial charge in [-0.15, -0.1) is 0 Å². The molecular formula is C17H25BO5. The van der Waals surface area contributed by atoms with Crippen LogP contribution in [-0.4, -0.2) is 35.0 Å². The van der Waals surface area contributed by atoms with Gasteiger partial charge in [-0.3, -0.25) is 0 Å². The van der Waals surface area contributed by atoms with Crippen LogP contribution in [0.15, 0.2) is 18.2 Å². The largest absolute Gasteiger partial charge is 0.507 e. The average molecular weight is 320 g/mol. The molecule has 0 radical (unpaired) electrons. The first-order valence-electron chi connectivity index (χ1n) is 7.74. The second-order valence-corrected chi connectivity index (χ2v) is 7.87. The SMILES string of the molecule is CC(C)(C)OC(=O)c1cc(B2OC(C)(C)C(C)(C)O2)ccc1O. The Bertz CT molecular complexity index is 600. The van der Waals surface area contributed by atoms with E-state index in [1.807, 2.05) is 27.7 Å². The maximum absolute atomic E-state index is 12.2. The van der Waals surface area contributed by atoms with Crippen molar-refractivity contribution >= 4 is 18.6 Å². The molecule has 0 aromatic heterocycles. The normalized spacial score (nSPS) is 19.7. The number of phenols is 1. The van der Waals surface area contributed by atoms with E-state index in [-0.39, 0.29) is 11.3 Å².